The molecule has 0 aliphatic heterocycles. The van der Waals surface area contributed by atoms with E-state index in [-0.39, 0.29) is 23.4 Å². The molecule has 9 heteroatoms. The van der Waals surface area contributed by atoms with Crippen LogP contribution in [0, 0.1) is 10.1 Å². The van der Waals surface area contributed by atoms with Crippen LogP contribution in [-0.2, 0) is 4.79 Å². The lowest BCUT2D eigenvalue weighted by molar-refractivity contribution is -0.384. The van der Waals surface area contributed by atoms with E-state index >= 15 is 0 Å². The van der Waals surface area contributed by atoms with Crippen LogP contribution in [0.15, 0.2) is 6.33 Å². The molecule has 0 unspecified atom stereocenters. The zero-order chi connectivity index (χ0) is 15.3. The maximum absolute atomic E-state index is 12.0. The monoisotopic (exact) mass is 301 g/mol. The Morgan fingerprint density at radius 2 is 2.00 bits per heavy atom. The predicted molar refractivity (Wildman–Crippen MR) is 74.9 cm³/mol. The highest BCUT2D eigenvalue weighted by Crippen LogP contribution is 2.30. The van der Waals surface area contributed by atoms with Gasteiger partial charge in [0.25, 0.3) is 0 Å². The van der Waals surface area contributed by atoms with E-state index < -0.39 is 10.6 Å². The van der Waals surface area contributed by atoms with Crippen molar-refractivity contribution in [1.82, 2.24) is 14.9 Å². The molecule has 0 fully saturated rings. The highest BCUT2D eigenvalue weighted by atomic mass is 35.5. The highest BCUT2D eigenvalue weighted by Gasteiger charge is 2.25. The van der Waals surface area contributed by atoms with E-state index in [0.717, 1.165) is 6.33 Å². The molecule has 20 heavy (non-hydrogen) atoms. The number of carbonyl (C=O) groups is 1. The van der Waals surface area contributed by atoms with Crippen molar-refractivity contribution in [1.29, 1.82) is 0 Å². The van der Waals surface area contributed by atoms with Crippen molar-refractivity contribution in [2.75, 3.05) is 31.6 Å². The predicted octanol–water partition coefficient (Wildman–Crippen LogP) is 1.34. The van der Waals surface area contributed by atoms with Gasteiger partial charge in [-0.3, -0.25) is 14.9 Å². The molecule has 1 amide bonds. The summed E-state index contributed by atoms with van der Waals surface area (Å²) in [4.78, 5) is 32.8. The molecular formula is C11H16ClN5O3. The van der Waals surface area contributed by atoms with Crippen molar-refractivity contribution in [2.24, 2.45) is 0 Å². The van der Waals surface area contributed by atoms with Gasteiger partial charge in [0.1, 0.15) is 6.33 Å². The average molecular weight is 302 g/mol. The molecule has 0 bridgehead atoms. The van der Waals surface area contributed by atoms with Gasteiger partial charge in [0.2, 0.25) is 16.9 Å². The van der Waals surface area contributed by atoms with Crippen LogP contribution in [-0.4, -0.2) is 52.4 Å². The molecule has 0 N–H and O–H groups in total. The van der Waals surface area contributed by atoms with Crippen molar-refractivity contribution in [3.63, 3.8) is 0 Å². The van der Waals surface area contributed by atoms with Crippen LogP contribution in [0.1, 0.15) is 13.8 Å². The van der Waals surface area contributed by atoms with Crippen molar-refractivity contribution >= 4 is 29.0 Å². The van der Waals surface area contributed by atoms with Crippen LogP contribution < -0.4 is 4.90 Å². The van der Waals surface area contributed by atoms with Crippen molar-refractivity contribution in [3.05, 3.63) is 21.6 Å². The molecule has 1 aromatic rings. The second-order valence-electron chi connectivity index (χ2n) is 4.02. The third kappa shape index (κ3) is 3.53. The van der Waals surface area contributed by atoms with Gasteiger partial charge in [-0.05, 0) is 13.8 Å². The van der Waals surface area contributed by atoms with E-state index in [2.05, 4.69) is 9.97 Å². The number of aromatic nitrogens is 2. The minimum atomic E-state index is -0.657. The molecule has 0 aromatic carbocycles. The van der Waals surface area contributed by atoms with Gasteiger partial charge in [-0.25, -0.2) is 9.97 Å². The van der Waals surface area contributed by atoms with E-state index in [1.165, 1.54) is 4.90 Å². The third-order valence-corrected chi connectivity index (χ3v) is 3.07. The topological polar surface area (TPSA) is 92.5 Å². The number of amides is 1. The Bertz CT molecular complexity index is 507. The van der Waals surface area contributed by atoms with Crippen LogP contribution >= 0.6 is 11.6 Å². The second kappa shape index (κ2) is 6.99. The van der Waals surface area contributed by atoms with Crippen LogP contribution in [0.5, 0.6) is 0 Å². The Labute approximate surface area is 121 Å². The summed E-state index contributed by atoms with van der Waals surface area (Å²) in [5.74, 6) is -0.114. The van der Waals surface area contributed by atoms with Gasteiger partial charge in [0, 0.05) is 20.1 Å². The summed E-state index contributed by atoms with van der Waals surface area (Å²) < 4.78 is 0. The van der Waals surface area contributed by atoms with Gasteiger partial charge in [0.15, 0.2) is 0 Å². The number of hydrogen-bond acceptors (Lipinski definition) is 6. The lowest BCUT2D eigenvalue weighted by Crippen LogP contribution is -2.39. The fourth-order valence-electron chi connectivity index (χ4n) is 1.74. The molecule has 1 aromatic heterocycles. The molecule has 1 heterocycles. The molecule has 1 rings (SSSR count). The van der Waals surface area contributed by atoms with E-state index in [9.17, 15) is 14.9 Å². The summed E-state index contributed by atoms with van der Waals surface area (Å²) >= 11 is 5.71. The van der Waals surface area contributed by atoms with Crippen molar-refractivity contribution in [3.8, 4) is 0 Å². The minimum absolute atomic E-state index is 0.0180. The van der Waals surface area contributed by atoms with Crippen LogP contribution in [0.2, 0.25) is 5.15 Å². The second-order valence-corrected chi connectivity index (χ2v) is 4.37. The zero-order valence-electron chi connectivity index (χ0n) is 11.5. The molecular weight excluding hydrogens is 286 g/mol. The fraction of sp³-hybridized carbons (Fsp3) is 0.545. The molecule has 0 radical (unpaired) electrons. The maximum atomic E-state index is 12.0. The molecule has 0 atom stereocenters. The number of hydrogen-bond donors (Lipinski definition) is 0. The summed E-state index contributed by atoms with van der Waals surface area (Å²) in [5.41, 5.74) is -0.399. The number of nitro groups is 1. The zero-order valence-corrected chi connectivity index (χ0v) is 12.3. The largest absolute Gasteiger partial charge is 0.348 e. The van der Waals surface area contributed by atoms with Crippen LogP contribution in [0.25, 0.3) is 0 Å². The Kier molecular flexibility index (Phi) is 5.63. The van der Waals surface area contributed by atoms with Crippen molar-refractivity contribution in [2.45, 2.75) is 13.8 Å². The maximum Gasteiger partial charge on any atom is 0.348 e. The quantitative estimate of drug-likeness (QED) is 0.447. The number of anilines is 1. The smallest absolute Gasteiger partial charge is 0.344 e. The molecule has 0 spiro atoms. The van der Waals surface area contributed by atoms with E-state index in [1.54, 1.807) is 11.9 Å². The van der Waals surface area contributed by atoms with Gasteiger partial charge in [-0.15, -0.1) is 0 Å². The molecule has 0 saturated heterocycles. The van der Waals surface area contributed by atoms with Crippen LogP contribution in [0.3, 0.4) is 0 Å². The van der Waals surface area contributed by atoms with Gasteiger partial charge in [0.05, 0.1) is 11.5 Å². The summed E-state index contributed by atoms with van der Waals surface area (Å²) in [6, 6.07) is 0. The molecule has 0 aliphatic carbocycles. The Morgan fingerprint density at radius 3 is 2.50 bits per heavy atom. The highest BCUT2D eigenvalue weighted by molar-refractivity contribution is 6.31. The standard InChI is InChI=1S/C11H16ClN5O3/c1-4-16(5-2)8(18)6-15(3)11-9(17(19)20)10(12)13-7-14-11/h7H,4-6H2,1-3H3. The lowest BCUT2D eigenvalue weighted by Gasteiger charge is -2.23. The lowest BCUT2D eigenvalue weighted by atomic mass is 10.4. The van der Waals surface area contributed by atoms with E-state index in [0.29, 0.717) is 13.1 Å². The van der Waals surface area contributed by atoms with E-state index in [1.807, 2.05) is 13.8 Å². The van der Waals surface area contributed by atoms with Gasteiger partial charge in [-0.1, -0.05) is 11.6 Å². The summed E-state index contributed by atoms with van der Waals surface area (Å²) in [5, 5.41) is 10.8. The van der Waals surface area contributed by atoms with E-state index in [4.69, 9.17) is 11.6 Å². The molecule has 8 nitrogen and oxygen atoms in total. The first-order valence-electron chi connectivity index (χ1n) is 6.06. The summed E-state index contributed by atoms with van der Waals surface area (Å²) in [7, 11) is 1.55. The summed E-state index contributed by atoms with van der Waals surface area (Å²) in [6.07, 6.45) is 1.13. The first-order valence-corrected chi connectivity index (χ1v) is 6.43. The number of nitrogens with zero attached hydrogens (tertiary/aromatic N) is 5. The number of likely N-dealkylation sites (N-methyl/N-ethyl adjacent to an activating group) is 2. The molecule has 0 saturated carbocycles. The molecule has 0 aliphatic rings. The Hall–Kier alpha value is -1.96. The Balaban J connectivity index is 2.99. The average Bonchev–Trinajstić information content (AvgIpc) is 2.39. The third-order valence-electron chi connectivity index (χ3n) is 2.79. The first kappa shape index (κ1) is 16.1. The SMILES string of the molecule is CCN(CC)C(=O)CN(C)c1ncnc(Cl)c1[N+](=O)[O-]. The van der Waals surface area contributed by atoms with Gasteiger partial charge < -0.3 is 9.80 Å². The number of carbonyl (C=O) groups excluding carboxylic acids is 1. The fourth-order valence-corrected chi connectivity index (χ4v) is 1.94. The van der Waals surface area contributed by atoms with Crippen LogP contribution in [0.4, 0.5) is 11.5 Å². The van der Waals surface area contributed by atoms with Gasteiger partial charge in [-0.2, -0.15) is 0 Å². The number of halogens is 1. The first-order chi connectivity index (χ1) is 9.42. The normalized spacial score (nSPS) is 10.2. The van der Waals surface area contributed by atoms with Gasteiger partial charge >= 0.3 is 5.69 Å². The van der Waals surface area contributed by atoms with Crippen molar-refractivity contribution < 1.29 is 9.72 Å². The molecule has 110 valence electrons. The number of rotatable bonds is 6. The Morgan fingerprint density at radius 1 is 1.40 bits per heavy atom. The minimum Gasteiger partial charge on any atom is -0.344 e. The summed E-state index contributed by atoms with van der Waals surface area (Å²) in [6.45, 7) is 4.87.